The van der Waals surface area contributed by atoms with Gasteiger partial charge in [0.15, 0.2) is 0 Å². The van der Waals surface area contributed by atoms with Crippen molar-refractivity contribution in [3.8, 4) is 0 Å². The first-order valence-corrected chi connectivity index (χ1v) is 9.93. The summed E-state index contributed by atoms with van der Waals surface area (Å²) in [4.78, 5) is 2.28. The van der Waals surface area contributed by atoms with Gasteiger partial charge in [-0.15, -0.1) is 0 Å². The molecule has 1 N–H and O–H groups in total. The molecule has 2 aliphatic rings. The summed E-state index contributed by atoms with van der Waals surface area (Å²) in [6.45, 7) is 6.67. The lowest BCUT2D eigenvalue weighted by Gasteiger charge is -2.31. The average Bonchev–Trinajstić information content (AvgIpc) is 3.07. The third-order valence-corrected chi connectivity index (χ3v) is 7.21. The van der Waals surface area contributed by atoms with E-state index in [-0.39, 0.29) is 30.4 Å². The molecule has 0 saturated carbocycles. The third kappa shape index (κ3) is 4.18. The highest BCUT2D eigenvalue weighted by molar-refractivity contribution is 7.89. The maximum Gasteiger partial charge on any atom is 0.214 e. The molecule has 2 rings (SSSR count). The molecule has 21 heavy (non-hydrogen) atoms. The molecule has 0 aromatic carbocycles. The first-order chi connectivity index (χ1) is 9.97. The van der Waals surface area contributed by atoms with Crippen LogP contribution < -0.4 is 0 Å². The van der Waals surface area contributed by atoms with Crippen LogP contribution in [0.1, 0.15) is 46.0 Å². The van der Waals surface area contributed by atoms with Crippen molar-refractivity contribution in [1.82, 2.24) is 9.21 Å². The van der Waals surface area contributed by atoms with E-state index in [1.54, 1.807) is 4.31 Å². The molecule has 2 heterocycles. The Labute approximate surface area is 129 Å². The first-order valence-electron chi connectivity index (χ1n) is 8.32. The highest BCUT2D eigenvalue weighted by Crippen LogP contribution is 2.26. The van der Waals surface area contributed by atoms with E-state index in [2.05, 4.69) is 4.90 Å². The van der Waals surface area contributed by atoms with Crippen LogP contribution in [0.3, 0.4) is 0 Å². The van der Waals surface area contributed by atoms with E-state index in [0.29, 0.717) is 6.54 Å². The quantitative estimate of drug-likeness (QED) is 0.768. The number of hydrogen-bond acceptors (Lipinski definition) is 4. The van der Waals surface area contributed by atoms with Crippen molar-refractivity contribution in [2.75, 3.05) is 32.0 Å². The Balaban J connectivity index is 1.99. The second-order valence-electron chi connectivity index (χ2n) is 6.67. The fraction of sp³-hybridized carbons (Fsp3) is 1.00. The zero-order valence-corrected chi connectivity index (χ0v) is 14.2. The minimum Gasteiger partial charge on any atom is -0.395 e. The van der Waals surface area contributed by atoms with E-state index in [4.69, 9.17) is 0 Å². The molecule has 124 valence electrons. The van der Waals surface area contributed by atoms with Crippen molar-refractivity contribution in [2.45, 2.75) is 58.0 Å². The maximum absolute atomic E-state index is 12.6. The Bertz CT molecular complexity index is 427. The molecule has 0 spiro atoms. The monoisotopic (exact) mass is 318 g/mol. The Kier molecular flexibility index (Phi) is 6.05. The van der Waals surface area contributed by atoms with Gasteiger partial charge in [-0.25, -0.2) is 8.42 Å². The molecule has 0 aromatic heterocycles. The fourth-order valence-electron chi connectivity index (χ4n) is 3.54. The summed E-state index contributed by atoms with van der Waals surface area (Å²) in [5, 5.41) is 9.41. The smallest absolute Gasteiger partial charge is 0.214 e. The van der Waals surface area contributed by atoms with Crippen LogP contribution in [0.25, 0.3) is 0 Å². The Morgan fingerprint density at radius 3 is 2.52 bits per heavy atom. The van der Waals surface area contributed by atoms with Gasteiger partial charge in [0.25, 0.3) is 0 Å². The molecule has 0 aliphatic carbocycles. The lowest BCUT2D eigenvalue weighted by molar-refractivity contribution is 0.140. The van der Waals surface area contributed by atoms with Crippen LogP contribution in [-0.2, 0) is 10.0 Å². The minimum absolute atomic E-state index is 0.103. The molecule has 0 radical (unpaired) electrons. The molecular weight excluding hydrogens is 288 g/mol. The van der Waals surface area contributed by atoms with Crippen molar-refractivity contribution >= 4 is 10.0 Å². The van der Waals surface area contributed by atoms with E-state index < -0.39 is 10.0 Å². The molecular formula is C15H30N2O3S. The van der Waals surface area contributed by atoms with Crippen LogP contribution in [0.5, 0.6) is 0 Å². The Morgan fingerprint density at radius 1 is 1.19 bits per heavy atom. The van der Waals surface area contributed by atoms with Crippen LogP contribution in [0, 0.1) is 5.92 Å². The van der Waals surface area contributed by atoms with Crippen LogP contribution >= 0.6 is 0 Å². The number of aliphatic hydroxyl groups is 1. The van der Waals surface area contributed by atoms with Gasteiger partial charge < -0.3 is 5.11 Å². The van der Waals surface area contributed by atoms with Crippen molar-refractivity contribution < 1.29 is 13.5 Å². The van der Waals surface area contributed by atoms with Crippen molar-refractivity contribution in [1.29, 1.82) is 0 Å². The van der Waals surface area contributed by atoms with Gasteiger partial charge in [-0.05, 0) is 38.1 Å². The minimum atomic E-state index is -3.14. The summed E-state index contributed by atoms with van der Waals surface area (Å²) in [5.74, 6) is 0.483. The maximum atomic E-state index is 12.6. The van der Waals surface area contributed by atoms with Crippen LogP contribution in [0.15, 0.2) is 0 Å². The third-order valence-electron chi connectivity index (χ3n) is 5.03. The molecule has 2 aliphatic heterocycles. The number of aliphatic hydroxyl groups excluding tert-OH is 1. The van der Waals surface area contributed by atoms with Crippen LogP contribution in [0.2, 0.25) is 0 Å². The number of likely N-dealkylation sites (tertiary alicyclic amines) is 1. The van der Waals surface area contributed by atoms with Gasteiger partial charge in [-0.1, -0.05) is 20.3 Å². The van der Waals surface area contributed by atoms with Gasteiger partial charge in [0, 0.05) is 25.2 Å². The Morgan fingerprint density at radius 2 is 1.86 bits per heavy atom. The van der Waals surface area contributed by atoms with Crippen molar-refractivity contribution in [3.63, 3.8) is 0 Å². The van der Waals surface area contributed by atoms with Crippen LogP contribution in [0.4, 0.5) is 0 Å². The predicted molar refractivity (Wildman–Crippen MR) is 84.7 cm³/mol. The second kappa shape index (κ2) is 7.40. The molecule has 0 aromatic rings. The highest BCUT2D eigenvalue weighted by atomic mass is 32.2. The summed E-state index contributed by atoms with van der Waals surface area (Å²) in [6, 6.07) is 0.330. The molecule has 3 atom stereocenters. The number of hydrogen-bond donors (Lipinski definition) is 1. The molecule has 2 saturated heterocycles. The molecule has 5 nitrogen and oxygen atoms in total. The van der Waals surface area contributed by atoms with Gasteiger partial charge >= 0.3 is 0 Å². The summed E-state index contributed by atoms with van der Waals surface area (Å²) < 4.78 is 26.9. The average molecular weight is 318 g/mol. The van der Waals surface area contributed by atoms with E-state index in [1.165, 1.54) is 0 Å². The van der Waals surface area contributed by atoms with Gasteiger partial charge in [-0.3, -0.25) is 4.90 Å². The second-order valence-corrected chi connectivity index (χ2v) is 8.64. The lowest BCUT2D eigenvalue weighted by atomic mass is 10.2. The van der Waals surface area contributed by atoms with Crippen molar-refractivity contribution in [3.05, 3.63) is 0 Å². The van der Waals surface area contributed by atoms with Gasteiger partial charge in [-0.2, -0.15) is 4.31 Å². The summed E-state index contributed by atoms with van der Waals surface area (Å²) in [6.07, 6.45) is 4.95. The summed E-state index contributed by atoms with van der Waals surface area (Å²) in [7, 11) is -3.14. The number of sulfonamides is 1. The predicted octanol–water partition coefficient (Wildman–Crippen LogP) is 1.28. The van der Waals surface area contributed by atoms with Gasteiger partial charge in [0.05, 0.1) is 12.4 Å². The number of rotatable bonds is 7. The van der Waals surface area contributed by atoms with E-state index in [0.717, 1.165) is 45.2 Å². The Hall–Kier alpha value is -0.170. The zero-order valence-electron chi connectivity index (χ0n) is 13.4. The highest BCUT2D eigenvalue weighted by Gasteiger charge is 2.37. The van der Waals surface area contributed by atoms with Crippen molar-refractivity contribution in [2.24, 2.45) is 5.92 Å². The van der Waals surface area contributed by atoms with E-state index in [9.17, 15) is 13.5 Å². The normalized spacial score (nSPS) is 30.0. The first kappa shape index (κ1) is 17.2. The standard InChI is InChI=1S/C15H30N2O3S/c1-3-13(2)12-21(19,20)17-9-5-6-14(17)10-16-8-4-7-15(16)11-18/h13-15,18H,3-12H2,1-2H3. The summed E-state index contributed by atoms with van der Waals surface area (Å²) in [5.41, 5.74) is 0. The molecule has 0 amide bonds. The lowest BCUT2D eigenvalue weighted by Crippen LogP contribution is -2.46. The molecule has 0 bridgehead atoms. The molecule has 6 heteroatoms. The van der Waals surface area contributed by atoms with E-state index >= 15 is 0 Å². The van der Waals surface area contributed by atoms with Crippen LogP contribution in [-0.4, -0.2) is 66.8 Å². The zero-order chi connectivity index (χ0) is 15.5. The largest absolute Gasteiger partial charge is 0.395 e. The van der Waals surface area contributed by atoms with Gasteiger partial charge in [0.1, 0.15) is 0 Å². The topological polar surface area (TPSA) is 60.9 Å². The summed E-state index contributed by atoms with van der Waals surface area (Å²) >= 11 is 0. The number of nitrogens with zero attached hydrogens (tertiary/aromatic N) is 2. The fourth-order valence-corrected chi connectivity index (χ4v) is 5.72. The SMILES string of the molecule is CCC(C)CS(=O)(=O)N1CCCC1CN1CCCC1CO. The molecule has 3 unspecified atom stereocenters. The van der Waals surface area contributed by atoms with Gasteiger partial charge in [0.2, 0.25) is 10.0 Å². The molecule has 2 fully saturated rings. The van der Waals surface area contributed by atoms with E-state index in [1.807, 2.05) is 13.8 Å².